The summed E-state index contributed by atoms with van der Waals surface area (Å²) in [5.74, 6) is 0.560. The van der Waals surface area contributed by atoms with E-state index in [9.17, 15) is 0 Å². The van der Waals surface area contributed by atoms with Crippen molar-refractivity contribution in [1.29, 1.82) is 0 Å². The highest BCUT2D eigenvalue weighted by atomic mass is 31.2. The average molecular weight is 917 g/mol. The summed E-state index contributed by atoms with van der Waals surface area (Å²) in [7, 11) is -3.61. The Kier molecular flexibility index (Phi) is 11.1. The number of hydrogen-bond acceptors (Lipinski definition) is 3. The van der Waals surface area contributed by atoms with E-state index in [2.05, 4.69) is 152 Å². The normalized spacial score (nSPS) is 12.7. The van der Waals surface area contributed by atoms with Gasteiger partial charge in [0.25, 0.3) is 0 Å². The molecule has 0 N–H and O–H groups in total. The lowest BCUT2D eigenvalue weighted by atomic mass is 9.93. The molecule has 0 unspecified atom stereocenters. The zero-order valence-electron chi connectivity index (χ0n) is 38.1. The van der Waals surface area contributed by atoms with Gasteiger partial charge in [0, 0.05) is 28.1 Å². The lowest BCUT2D eigenvalue weighted by Crippen LogP contribution is -2.26. The van der Waals surface area contributed by atoms with Crippen molar-refractivity contribution in [2.45, 2.75) is 0 Å². The van der Waals surface area contributed by atoms with Crippen molar-refractivity contribution in [2.75, 3.05) is 9.34 Å². The summed E-state index contributed by atoms with van der Waals surface area (Å²) in [5, 5.41) is 0.683. The lowest BCUT2D eigenvalue weighted by molar-refractivity contribution is 0.582. The number of para-hydroxylation sites is 4. The molecule has 0 bridgehead atoms. The van der Waals surface area contributed by atoms with Crippen molar-refractivity contribution < 1.29 is 4.57 Å². The van der Waals surface area contributed by atoms with Gasteiger partial charge in [0.1, 0.15) is 0 Å². The maximum absolute atomic E-state index is 16.5. The first-order chi connectivity index (χ1) is 34.6. The van der Waals surface area contributed by atoms with Crippen LogP contribution in [0, 0.1) is 0 Å². The van der Waals surface area contributed by atoms with E-state index in [-0.39, 0.29) is 0 Å². The molecule has 12 rings (SSSR count). The molecule has 0 saturated heterocycles. The van der Waals surface area contributed by atoms with Gasteiger partial charge in [-0.25, -0.2) is 9.97 Å². The number of fused-ring (bicyclic) bond motifs is 1. The highest BCUT2D eigenvalue weighted by Gasteiger charge is 2.48. The van der Waals surface area contributed by atoms with Crippen LogP contribution < -0.4 is 14.6 Å². The van der Waals surface area contributed by atoms with Crippen molar-refractivity contribution in [3.8, 4) is 78.4 Å². The summed E-state index contributed by atoms with van der Waals surface area (Å²) >= 11 is 0. The minimum absolute atomic E-state index is 0.560. The Morgan fingerprint density at radius 2 is 0.571 bits per heavy atom. The van der Waals surface area contributed by atoms with Gasteiger partial charge in [0.2, 0.25) is 0 Å². The predicted molar refractivity (Wildman–Crippen MR) is 291 cm³/mol. The maximum Gasteiger partial charge on any atom is 0.301 e. The molecule has 0 radical (unpaired) electrons. The van der Waals surface area contributed by atoms with Gasteiger partial charge in [0.15, 0.2) is 5.82 Å². The van der Waals surface area contributed by atoms with Gasteiger partial charge in [-0.05, 0) is 136 Å². The van der Waals surface area contributed by atoms with Gasteiger partial charge in [-0.2, -0.15) is 0 Å². The van der Waals surface area contributed by atoms with Gasteiger partial charge >= 0.3 is 7.44 Å². The van der Waals surface area contributed by atoms with E-state index < -0.39 is 7.44 Å². The van der Waals surface area contributed by atoms with E-state index in [0.29, 0.717) is 11.1 Å². The van der Waals surface area contributed by atoms with Crippen LogP contribution in [0.5, 0.6) is 0 Å². The molecule has 6 heteroatoms. The number of anilines is 4. The monoisotopic (exact) mass is 916 g/mol. The highest BCUT2D eigenvalue weighted by Crippen LogP contribution is 2.69. The van der Waals surface area contributed by atoms with Gasteiger partial charge in [-0.3, -0.25) is 13.9 Å². The largest absolute Gasteiger partial charge is 0.301 e. The fourth-order valence-corrected chi connectivity index (χ4v) is 12.6. The second-order valence-corrected chi connectivity index (χ2v) is 19.8. The minimum Gasteiger partial charge on any atom is -0.270 e. The molecule has 0 spiro atoms. The average Bonchev–Trinajstić information content (AvgIpc) is 3.72. The van der Waals surface area contributed by atoms with Gasteiger partial charge < -0.3 is 0 Å². The Morgan fingerprint density at radius 3 is 0.914 bits per heavy atom. The zero-order valence-corrected chi connectivity index (χ0v) is 39.0. The molecule has 2 heterocycles. The minimum atomic E-state index is -3.61. The first kappa shape index (κ1) is 42.5. The molecule has 11 aromatic rings. The molecule has 1 aliphatic rings. The number of nitrogens with zero attached hydrogens (tertiary/aromatic N) is 4. The molecule has 0 fully saturated rings. The number of aromatic nitrogens is 2. The molecule has 332 valence electrons. The van der Waals surface area contributed by atoms with Crippen LogP contribution >= 0.6 is 7.44 Å². The molecule has 0 aliphatic carbocycles. The number of benzene rings is 10. The van der Waals surface area contributed by atoms with Crippen LogP contribution in [0.15, 0.2) is 273 Å². The summed E-state index contributed by atoms with van der Waals surface area (Å²) in [6.45, 7) is 0. The maximum atomic E-state index is 16.5. The zero-order chi connectivity index (χ0) is 46.9. The SMILES string of the molecule is O=P1(c2ccc(-c3nc(-c4cc(-c5ccccc5)cc(-c5ccccc5)c4)cc(-c4cc(-c5ccccc5)cc(-c5ccccc5)c4)n3)cc2)N(c2ccccc2)c2ccccc2N1c1ccccc1. The fraction of sp³-hybridized carbons (Fsp3) is 0. The summed E-state index contributed by atoms with van der Waals surface area (Å²) in [6, 6.07) is 93.8. The quantitative estimate of drug-likeness (QED) is 0.128. The van der Waals surface area contributed by atoms with Crippen LogP contribution in [0.25, 0.3) is 78.4 Å². The van der Waals surface area contributed by atoms with Gasteiger partial charge in [0.05, 0.1) is 28.1 Å². The van der Waals surface area contributed by atoms with Gasteiger partial charge in [-0.15, -0.1) is 0 Å². The summed E-state index contributed by atoms with van der Waals surface area (Å²) in [5.41, 5.74) is 16.6. The van der Waals surface area contributed by atoms with E-state index in [4.69, 9.17) is 9.97 Å². The molecule has 0 amide bonds. The predicted octanol–water partition coefficient (Wildman–Crippen LogP) is 17.0. The molecular formula is C64H45N4OP. The first-order valence-electron chi connectivity index (χ1n) is 23.5. The first-order valence-corrected chi connectivity index (χ1v) is 25.1. The molecule has 70 heavy (non-hydrogen) atoms. The number of hydrogen-bond donors (Lipinski definition) is 0. The van der Waals surface area contributed by atoms with Crippen LogP contribution in [0.1, 0.15) is 0 Å². The van der Waals surface area contributed by atoms with E-state index in [0.717, 1.165) is 95.3 Å². The fourth-order valence-electron chi connectivity index (χ4n) is 9.58. The Bertz CT molecular complexity index is 3340. The molecule has 1 aliphatic heterocycles. The Balaban J connectivity index is 1.06. The van der Waals surface area contributed by atoms with Crippen molar-refractivity contribution in [3.63, 3.8) is 0 Å². The van der Waals surface area contributed by atoms with E-state index >= 15 is 4.57 Å². The molecular weight excluding hydrogens is 872 g/mol. The smallest absolute Gasteiger partial charge is 0.270 e. The van der Waals surface area contributed by atoms with Crippen LogP contribution in [0.2, 0.25) is 0 Å². The standard InChI is InChI=1S/C64H45N4OP/c69-70(67(57-29-15-5-16-30-57)62-33-19-20-34-63(62)68(70)58-31-17-6-18-32-58)59-37-35-50(36-38-59)64-65-60(55-41-51(46-21-7-1-8-22-46)39-52(42-55)47-23-9-2-10-24-47)45-61(66-64)56-43-53(48-25-11-3-12-26-48)40-54(44-56)49-27-13-4-14-28-49/h1-45H. The summed E-state index contributed by atoms with van der Waals surface area (Å²) in [6.07, 6.45) is 0. The molecule has 0 atom stereocenters. The third-order valence-electron chi connectivity index (χ3n) is 13.0. The molecule has 10 aromatic carbocycles. The van der Waals surface area contributed by atoms with Crippen LogP contribution in [-0.2, 0) is 4.57 Å². The van der Waals surface area contributed by atoms with Crippen molar-refractivity contribution in [1.82, 2.24) is 9.97 Å². The molecule has 5 nitrogen and oxygen atoms in total. The van der Waals surface area contributed by atoms with E-state index in [1.54, 1.807) is 0 Å². The van der Waals surface area contributed by atoms with E-state index in [1.165, 1.54) is 0 Å². The van der Waals surface area contributed by atoms with Crippen LogP contribution in [-0.4, -0.2) is 9.97 Å². The molecule has 1 aromatic heterocycles. The Morgan fingerprint density at radius 1 is 0.271 bits per heavy atom. The van der Waals surface area contributed by atoms with Crippen molar-refractivity contribution in [3.05, 3.63) is 273 Å². The topological polar surface area (TPSA) is 49.3 Å². The summed E-state index contributed by atoms with van der Waals surface area (Å²) < 4.78 is 20.5. The third kappa shape index (κ3) is 7.98. The molecule has 0 saturated carbocycles. The lowest BCUT2D eigenvalue weighted by Gasteiger charge is -2.33. The highest BCUT2D eigenvalue weighted by molar-refractivity contribution is 7.76. The van der Waals surface area contributed by atoms with Crippen molar-refractivity contribution >= 4 is 35.5 Å². The van der Waals surface area contributed by atoms with Gasteiger partial charge in [-0.1, -0.05) is 182 Å². The van der Waals surface area contributed by atoms with Crippen LogP contribution in [0.4, 0.5) is 22.7 Å². The second kappa shape index (κ2) is 18.3. The second-order valence-electron chi connectivity index (χ2n) is 17.4. The summed E-state index contributed by atoms with van der Waals surface area (Å²) in [4.78, 5) is 10.9. The third-order valence-corrected chi connectivity index (χ3v) is 15.9. The number of rotatable bonds is 10. The Labute approximate surface area is 408 Å². The van der Waals surface area contributed by atoms with Crippen LogP contribution in [0.3, 0.4) is 0 Å². The van der Waals surface area contributed by atoms with Crippen molar-refractivity contribution in [2.24, 2.45) is 0 Å². The Hall–Kier alpha value is -8.89. The van der Waals surface area contributed by atoms with E-state index in [1.807, 2.05) is 131 Å².